The van der Waals surface area contributed by atoms with Gasteiger partial charge in [-0.15, -0.1) is 10.2 Å². The predicted octanol–water partition coefficient (Wildman–Crippen LogP) is 0.436. The van der Waals surface area contributed by atoms with Gasteiger partial charge in [0, 0.05) is 51.1 Å². The molecule has 1 N–H and O–H groups in total. The minimum atomic E-state index is -0.128. The fraction of sp³-hybridized carbons (Fsp3) is 0.562. The number of rotatable bonds is 5. The van der Waals surface area contributed by atoms with Crippen molar-refractivity contribution in [3.63, 3.8) is 0 Å². The van der Waals surface area contributed by atoms with Gasteiger partial charge in [0.05, 0.1) is 5.69 Å². The summed E-state index contributed by atoms with van der Waals surface area (Å²) in [6.07, 6.45) is 7.93. The second kappa shape index (κ2) is 7.48. The highest BCUT2D eigenvalue weighted by Gasteiger charge is 2.28. The summed E-state index contributed by atoms with van der Waals surface area (Å²) in [5, 5.41) is 17.4. The summed E-state index contributed by atoms with van der Waals surface area (Å²) in [5.74, 6) is 1.69. The third-order valence-electron chi connectivity index (χ3n) is 4.49. The summed E-state index contributed by atoms with van der Waals surface area (Å²) in [7, 11) is 1.86. The van der Waals surface area contributed by atoms with E-state index in [1.807, 2.05) is 16.5 Å². The van der Waals surface area contributed by atoms with Crippen LogP contribution in [0.25, 0.3) is 0 Å². The standard InChI is InChI=1S/C16H22N6O2/c1-21-14(11-23)19-20-16(21)12-3-2-8-22(10-12)15(24)5-4-13-9-17-6-7-18-13/h6-7,9,12,23H,2-5,8,10-11H2,1H3/t12-/m0/s1. The van der Waals surface area contributed by atoms with Gasteiger partial charge < -0.3 is 14.6 Å². The minimum absolute atomic E-state index is 0.128. The number of carbonyl (C=O) groups is 1. The van der Waals surface area contributed by atoms with Crippen molar-refractivity contribution in [2.75, 3.05) is 13.1 Å². The lowest BCUT2D eigenvalue weighted by molar-refractivity contribution is -0.132. The van der Waals surface area contributed by atoms with Crippen LogP contribution in [0.2, 0.25) is 0 Å². The molecule has 0 aliphatic carbocycles. The van der Waals surface area contributed by atoms with Gasteiger partial charge in [-0.2, -0.15) is 0 Å². The van der Waals surface area contributed by atoms with Crippen LogP contribution in [0, 0.1) is 0 Å². The van der Waals surface area contributed by atoms with Gasteiger partial charge in [-0.3, -0.25) is 14.8 Å². The number of carbonyl (C=O) groups excluding carboxylic acids is 1. The Kier molecular flexibility index (Phi) is 5.14. The van der Waals surface area contributed by atoms with Crippen LogP contribution in [-0.4, -0.2) is 53.7 Å². The normalized spacial score (nSPS) is 17.9. The molecule has 1 saturated heterocycles. The van der Waals surface area contributed by atoms with E-state index in [4.69, 9.17) is 0 Å². The van der Waals surface area contributed by atoms with Crippen molar-refractivity contribution in [2.45, 2.75) is 38.2 Å². The van der Waals surface area contributed by atoms with Gasteiger partial charge in [0.15, 0.2) is 5.82 Å². The first-order chi connectivity index (χ1) is 11.7. The summed E-state index contributed by atoms with van der Waals surface area (Å²) in [6.45, 7) is 1.30. The summed E-state index contributed by atoms with van der Waals surface area (Å²) in [6, 6.07) is 0. The van der Waals surface area contributed by atoms with E-state index in [2.05, 4.69) is 20.2 Å². The number of aryl methyl sites for hydroxylation is 1. The fourth-order valence-corrected chi connectivity index (χ4v) is 3.14. The average Bonchev–Trinajstić information content (AvgIpc) is 3.01. The molecule has 1 aliphatic heterocycles. The zero-order valence-corrected chi connectivity index (χ0v) is 13.8. The SMILES string of the molecule is Cn1c(CO)nnc1[C@H]1CCCN(C(=O)CCc2cnccn2)C1. The molecule has 0 spiro atoms. The van der Waals surface area contributed by atoms with E-state index < -0.39 is 0 Å². The van der Waals surface area contributed by atoms with Crippen LogP contribution in [-0.2, 0) is 24.9 Å². The Labute approximate surface area is 140 Å². The molecule has 3 rings (SSSR count). The van der Waals surface area contributed by atoms with Crippen molar-refractivity contribution < 1.29 is 9.90 Å². The monoisotopic (exact) mass is 330 g/mol. The molecule has 1 atom stereocenters. The molecular formula is C16H22N6O2. The topological polar surface area (TPSA) is 97.0 Å². The van der Waals surface area contributed by atoms with Crippen LogP contribution < -0.4 is 0 Å². The van der Waals surface area contributed by atoms with E-state index in [9.17, 15) is 9.90 Å². The Morgan fingerprint density at radius 1 is 1.38 bits per heavy atom. The molecule has 8 heteroatoms. The van der Waals surface area contributed by atoms with Crippen molar-refractivity contribution in [1.29, 1.82) is 0 Å². The summed E-state index contributed by atoms with van der Waals surface area (Å²) >= 11 is 0. The minimum Gasteiger partial charge on any atom is -0.388 e. The third kappa shape index (κ3) is 3.59. The van der Waals surface area contributed by atoms with Crippen molar-refractivity contribution in [3.8, 4) is 0 Å². The maximum absolute atomic E-state index is 12.5. The van der Waals surface area contributed by atoms with E-state index >= 15 is 0 Å². The van der Waals surface area contributed by atoms with Crippen molar-refractivity contribution >= 4 is 5.91 Å². The number of aliphatic hydroxyl groups excluding tert-OH is 1. The number of aromatic nitrogens is 5. The largest absolute Gasteiger partial charge is 0.388 e. The molecule has 2 aromatic heterocycles. The van der Waals surface area contributed by atoms with Crippen molar-refractivity contribution in [3.05, 3.63) is 35.9 Å². The molecule has 24 heavy (non-hydrogen) atoms. The van der Waals surface area contributed by atoms with E-state index in [0.717, 1.165) is 30.9 Å². The lowest BCUT2D eigenvalue weighted by Gasteiger charge is -2.32. The lowest BCUT2D eigenvalue weighted by atomic mass is 9.96. The van der Waals surface area contributed by atoms with Gasteiger partial charge in [-0.25, -0.2) is 0 Å². The number of amides is 1. The summed E-state index contributed by atoms with van der Waals surface area (Å²) < 4.78 is 1.83. The molecule has 0 radical (unpaired) electrons. The second-order valence-electron chi connectivity index (χ2n) is 6.07. The Hall–Kier alpha value is -2.35. The molecule has 0 saturated carbocycles. The van der Waals surface area contributed by atoms with E-state index in [0.29, 0.717) is 25.2 Å². The van der Waals surface area contributed by atoms with Gasteiger partial charge in [0.25, 0.3) is 0 Å². The zero-order chi connectivity index (χ0) is 16.9. The number of hydrogen-bond donors (Lipinski definition) is 1. The van der Waals surface area contributed by atoms with Gasteiger partial charge >= 0.3 is 0 Å². The van der Waals surface area contributed by atoms with Crippen LogP contribution in [0.4, 0.5) is 0 Å². The molecule has 8 nitrogen and oxygen atoms in total. The highest BCUT2D eigenvalue weighted by molar-refractivity contribution is 5.76. The predicted molar refractivity (Wildman–Crippen MR) is 85.8 cm³/mol. The maximum atomic E-state index is 12.5. The number of piperidine rings is 1. The Morgan fingerprint density at radius 3 is 2.96 bits per heavy atom. The Bertz CT molecular complexity index is 687. The van der Waals surface area contributed by atoms with E-state index in [1.165, 1.54) is 0 Å². The molecule has 128 valence electrons. The molecule has 0 aromatic carbocycles. The Morgan fingerprint density at radius 2 is 2.25 bits per heavy atom. The molecular weight excluding hydrogens is 308 g/mol. The highest BCUT2D eigenvalue weighted by Crippen LogP contribution is 2.26. The second-order valence-corrected chi connectivity index (χ2v) is 6.07. The van der Waals surface area contributed by atoms with Crippen LogP contribution in [0.15, 0.2) is 18.6 Å². The van der Waals surface area contributed by atoms with Gasteiger partial charge in [-0.05, 0) is 19.3 Å². The fourth-order valence-electron chi connectivity index (χ4n) is 3.14. The summed E-state index contributed by atoms with van der Waals surface area (Å²) in [5.41, 5.74) is 0.834. The first kappa shape index (κ1) is 16.5. The van der Waals surface area contributed by atoms with Gasteiger partial charge in [-0.1, -0.05) is 0 Å². The van der Waals surface area contributed by atoms with E-state index in [-0.39, 0.29) is 18.4 Å². The first-order valence-electron chi connectivity index (χ1n) is 8.20. The third-order valence-corrected chi connectivity index (χ3v) is 4.49. The van der Waals surface area contributed by atoms with Crippen LogP contribution in [0.5, 0.6) is 0 Å². The average molecular weight is 330 g/mol. The van der Waals surface area contributed by atoms with Crippen LogP contribution in [0.1, 0.15) is 42.5 Å². The van der Waals surface area contributed by atoms with Crippen LogP contribution >= 0.6 is 0 Å². The molecule has 3 heterocycles. The zero-order valence-electron chi connectivity index (χ0n) is 13.8. The quantitative estimate of drug-likeness (QED) is 0.854. The molecule has 2 aromatic rings. The first-order valence-corrected chi connectivity index (χ1v) is 8.20. The molecule has 1 fully saturated rings. The van der Waals surface area contributed by atoms with Gasteiger partial charge in [0.1, 0.15) is 12.4 Å². The van der Waals surface area contributed by atoms with Crippen molar-refractivity contribution in [2.24, 2.45) is 7.05 Å². The van der Waals surface area contributed by atoms with Crippen LogP contribution in [0.3, 0.4) is 0 Å². The molecule has 0 unspecified atom stereocenters. The number of likely N-dealkylation sites (tertiary alicyclic amines) is 1. The van der Waals surface area contributed by atoms with Gasteiger partial charge in [0.2, 0.25) is 5.91 Å². The molecule has 1 amide bonds. The number of hydrogen-bond acceptors (Lipinski definition) is 6. The Balaban J connectivity index is 1.60. The highest BCUT2D eigenvalue weighted by atomic mass is 16.3. The number of nitrogens with zero attached hydrogens (tertiary/aromatic N) is 6. The molecule has 1 aliphatic rings. The molecule has 0 bridgehead atoms. The van der Waals surface area contributed by atoms with Crippen molar-refractivity contribution in [1.82, 2.24) is 29.6 Å². The maximum Gasteiger partial charge on any atom is 0.222 e. The number of aliphatic hydroxyl groups is 1. The smallest absolute Gasteiger partial charge is 0.222 e. The van der Waals surface area contributed by atoms with E-state index in [1.54, 1.807) is 18.6 Å². The lowest BCUT2D eigenvalue weighted by Crippen LogP contribution is -2.39. The summed E-state index contributed by atoms with van der Waals surface area (Å²) in [4.78, 5) is 22.6.